The number of para-hydroxylation sites is 1. The summed E-state index contributed by atoms with van der Waals surface area (Å²) in [4.78, 5) is 12.1. The molecule has 1 aromatic heterocycles. The summed E-state index contributed by atoms with van der Waals surface area (Å²) in [6.07, 6.45) is 1.89. The van der Waals surface area contributed by atoms with Gasteiger partial charge < -0.3 is 5.32 Å². The quantitative estimate of drug-likeness (QED) is 0.851. The molecule has 0 aliphatic rings. The Balaban J connectivity index is 2.24. The Morgan fingerprint density at radius 3 is 2.56 bits per heavy atom. The van der Waals surface area contributed by atoms with E-state index in [1.165, 1.54) is 11.8 Å². The van der Waals surface area contributed by atoms with E-state index in [-0.39, 0.29) is 5.28 Å². The van der Waals surface area contributed by atoms with Crippen LogP contribution in [-0.2, 0) is 0 Å². The molecule has 1 aromatic carbocycles. The Morgan fingerprint density at radius 2 is 1.88 bits per heavy atom. The summed E-state index contributed by atoms with van der Waals surface area (Å²) in [6, 6.07) is 9.66. The van der Waals surface area contributed by atoms with E-state index in [1.807, 2.05) is 36.6 Å². The molecule has 0 bridgehead atoms. The van der Waals surface area contributed by atoms with E-state index in [4.69, 9.17) is 11.6 Å². The minimum absolute atomic E-state index is 0.192. The van der Waals surface area contributed by atoms with Crippen molar-refractivity contribution in [2.75, 3.05) is 11.6 Å². The second-order valence-corrected chi connectivity index (χ2v) is 4.02. The topological polar surface area (TPSA) is 50.7 Å². The molecule has 16 heavy (non-hydrogen) atoms. The first-order valence-electron chi connectivity index (χ1n) is 4.55. The molecule has 0 unspecified atom stereocenters. The second-order valence-electron chi connectivity index (χ2n) is 2.91. The number of thioether (sulfide) groups is 1. The summed E-state index contributed by atoms with van der Waals surface area (Å²) < 4.78 is 0. The van der Waals surface area contributed by atoms with Gasteiger partial charge in [0.05, 0.1) is 0 Å². The molecular weight excluding hydrogens is 244 g/mol. The minimum Gasteiger partial charge on any atom is -0.324 e. The monoisotopic (exact) mass is 252 g/mol. The van der Waals surface area contributed by atoms with Crippen LogP contribution in [0.15, 0.2) is 35.5 Å². The first kappa shape index (κ1) is 11.2. The van der Waals surface area contributed by atoms with Gasteiger partial charge in [-0.3, -0.25) is 0 Å². The van der Waals surface area contributed by atoms with Crippen molar-refractivity contribution in [3.05, 3.63) is 35.6 Å². The van der Waals surface area contributed by atoms with E-state index in [1.54, 1.807) is 0 Å². The van der Waals surface area contributed by atoms with Gasteiger partial charge in [-0.05, 0) is 30.0 Å². The van der Waals surface area contributed by atoms with Crippen molar-refractivity contribution in [2.24, 2.45) is 0 Å². The van der Waals surface area contributed by atoms with Crippen LogP contribution in [0.25, 0.3) is 0 Å². The zero-order valence-corrected chi connectivity index (χ0v) is 10.1. The molecule has 0 aliphatic carbocycles. The lowest BCUT2D eigenvalue weighted by molar-refractivity contribution is 0.914. The molecule has 4 nitrogen and oxygen atoms in total. The molecule has 0 radical (unpaired) electrons. The summed E-state index contributed by atoms with van der Waals surface area (Å²) in [5.74, 6) is 0.454. The van der Waals surface area contributed by atoms with Gasteiger partial charge in [0.25, 0.3) is 0 Å². The Bertz CT molecular complexity index is 478. The van der Waals surface area contributed by atoms with Crippen LogP contribution < -0.4 is 5.32 Å². The average Bonchev–Trinajstić information content (AvgIpc) is 2.29. The van der Waals surface area contributed by atoms with Crippen molar-refractivity contribution in [1.82, 2.24) is 15.0 Å². The number of anilines is 2. The van der Waals surface area contributed by atoms with Gasteiger partial charge >= 0.3 is 0 Å². The number of hydrogen-bond acceptors (Lipinski definition) is 5. The number of nitrogens with one attached hydrogen (secondary N) is 1. The first-order chi connectivity index (χ1) is 7.78. The van der Waals surface area contributed by atoms with Gasteiger partial charge in [-0.15, -0.1) is 0 Å². The van der Waals surface area contributed by atoms with Crippen molar-refractivity contribution in [1.29, 1.82) is 0 Å². The Morgan fingerprint density at radius 1 is 1.12 bits per heavy atom. The molecule has 6 heteroatoms. The molecule has 0 saturated heterocycles. The van der Waals surface area contributed by atoms with Crippen molar-refractivity contribution < 1.29 is 0 Å². The van der Waals surface area contributed by atoms with E-state index < -0.39 is 0 Å². The SMILES string of the molecule is CSc1nc(Cl)nc(Nc2ccccc2)n1. The molecule has 2 rings (SSSR count). The molecule has 0 amide bonds. The van der Waals surface area contributed by atoms with E-state index in [0.29, 0.717) is 11.1 Å². The fourth-order valence-electron chi connectivity index (χ4n) is 1.13. The third-order valence-corrected chi connectivity index (χ3v) is 2.52. The molecule has 82 valence electrons. The maximum absolute atomic E-state index is 5.78. The van der Waals surface area contributed by atoms with E-state index in [2.05, 4.69) is 20.3 Å². The van der Waals surface area contributed by atoms with Gasteiger partial charge in [-0.2, -0.15) is 15.0 Å². The van der Waals surface area contributed by atoms with Crippen molar-refractivity contribution in [3.63, 3.8) is 0 Å². The molecule has 0 aliphatic heterocycles. The predicted octanol–water partition coefficient (Wildman–Crippen LogP) is 2.99. The highest BCUT2D eigenvalue weighted by Gasteiger charge is 2.03. The largest absolute Gasteiger partial charge is 0.324 e. The van der Waals surface area contributed by atoms with Crippen LogP contribution in [0, 0.1) is 0 Å². The number of benzene rings is 1. The van der Waals surface area contributed by atoms with Crippen LogP contribution in [0.3, 0.4) is 0 Å². The van der Waals surface area contributed by atoms with Crippen molar-refractivity contribution >= 4 is 35.0 Å². The highest BCUT2D eigenvalue weighted by Crippen LogP contribution is 2.17. The summed E-state index contributed by atoms with van der Waals surface area (Å²) >= 11 is 7.20. The molecule has 1 heterocycles. The lowest BCUT2D eigenvalue weighted by Crippen LogP contribution is -2.00. The van der Waals surface area contributed by atoms with Crippen LogP contribution in [-0.4, -0.2) is 21.2 Å². The number of aromatic nitrogens is 3. The number of halogens is 1. The summed E-state index contributed by atoms with van der Waals surface area (Å²) in [5.41, 5.74) is 0.914. The molecule has 1 N–H and O–H groups in total. The molecule has 0 fully saturated rings. The van der Waals surface area contributed by atoms with Gasteiger partial charge in [0.2, 0.25) is 11.2 Å². The lowest BCUT2D eigenvalue weighted by Gasteiger charge is -2.05. The fraction of sp³-hybridized carbons (Fsp3) is 0.100. The Kier molecular flexibility index (Phi) is 3.58. The van der Waals surface area contributed by atoms with E-state index in [0.717, 1.165) is 5.69 Å². The Hall–Kier alpha value is -1.33. The standard InChI is InChI=1S/C10H9ClN4S/c1-16-10-14-8(11)13-9(15-10)12-7-5-3-2-4-6-7/h2-6H,1H3,(H,12,13,14,15). The van der Waals surface area contributed by atoms with Crippen LogP contribution in [0.5, 0.6) is 0 Å². The van der Waals surface area contributed by atoms with Gasteiger partial charge in [-0.25, -0.2) is 0 Å². The van der Waals surface area contributed by atoms with Crippen LogP contribution >= 0.6 is 23.4 Å². The van der Waals surface area contributed by atoms with Crippen LogP contribution in [0.1, 0.15) is 0 Å². The number of rotatable bonds is 3. The van der Waals surface area contributed by atoms with Crippen LogP contribution in [0.2, 0.25) is 5.28 Å². The molecule has 0 atom stereocenters. The zero-order chi connectivity index (χ0) is 11.4. The Labute approximate surface area is 102 Å². The van der Waals surface area contributed by atoms with Gasteiger partial charge in [0.1, 0.15) is 0 Å². The maximum Gasteiger partial charge on any atom is 0.232 e. The van der Waals surface area contributed by atoms with Crippen molar-refractivity contribution in [3.8, 4) is 0 Å². The fourth-order valence-corrected chi connectivity index (χ4v) is 1.70. The smallest absolute Gasteiger partial charge is 0.232 e. The van der Waals surface area contributed by atoms with E-state index >= 15 is 0 Å². The van der Waals surface area contributed by atoms with Gasteiger partial charge in [0.15, 0.2) is 5.16 Å². The van der Waals surface area contributed by atoms with Crippen LogP contribution in [0.4, 0.5) is 11.6 Å². The third kappa shape index (κ3) is 2.84. The second kappa shape index (κ2) is 5.14. The first-order valence-corrected chi connectivity index (χ1v) is 6.16. The normalized spacial score (nSPS) is 10.1. The van der Waals surface area contributed by atoms with Gasteiger partial charge in [0, 0.05) is 5.69 Å². The highest BCUT2D eigenvalue weighted by molar-refractivity contribution is 7.98. The number of nitrogens with zero attached hydrogens (tertiary/aromatic N) is 3. The average molecular weight is 253 g/mol. The predicted molar refractivity (Wildman–Crippen MR) is 66.3 cm³/mol. The van der Waals surface area contributed by atoms with E-state index in [9.17, 15) is 0 Å². The van der Waals surface area contributed by atoms with Crippen molar-refractivity contribution in [2.45, 2.75) is 5.16 Å². The zero-order valence-electron chi connectivity index (χ0n) is 8.51. The summed E-state index contributed by atoms with van der Waals surface area (Å²) in [7, 11) is 0. The molecule has 0 saturated carbocycles. The third-order valence-electron chi connectivity index (χ3n) is 1.80. The minimum atomic E-state index is 0.192. The lowest BCUT2D eigenvalue weighted by atomic mass is 10.3. The summed E-state index contributed by atoms with van der Waals surface area (Å²) in [5, 5.41) is 3.85. The molecular formula is C10H9ClN4S. The van der Waals surface area contributed by atoms with Gasteiger partial charge in [-0.1, -0.05) is 30.0 Å². The summed E-state index contributed by atoms with van der Waals surface area (Å²) in [6.45, 7) is 0. The maximum atomic E-state index is 5.78. The highest BCUT2D eigenvalue weighted by atomic mass is 35.5. The number of hydrogen-bond donors (Lipinski definition) is 1. The molecule has 2 aromatic rings. The molecule has 0 spiro atoms.